The van der Waals surface area contributed by atoms with Gasteiger partial charge in [-0.15, -0.1) is 0 Å². The second-order valence-corrected chi connectivity index (χ2v) is 10.5. The van der Waals surface area contributed by atoms with Gasteiger partial charge in [-0.1, -0.05) is 30.3 Å². The molecule has 1 aliphatic carbocycles. The molecule has 0 N–H and O–H groups in total. The van der Waals surface area contributed by atoms with Crippen LogP contribution in [-0.4, -0.2) is 55.0 Å². The molecule has 1 heterocycles. The highest BCUT2D eigenvalue weighted by Crippen LogP contribution is 2.38. The number of amides is 1. The predicted octanol–water partition coefficient (Wildman–Crippen LogP) is 3.75. The maximum Gasteiger partial charge on any atom is 0.261 e. The topological polar surface area (TPSA) is 66.9 Å². The Kier molecular flexibility index (Phi) is 6.81. The van der Waals surface area contributed by atoms with Crippen LogP contribution >= 0.6 is 0 Å². The number of carbonyl (C=O) groups excluding carboxylic acids is 1. The van der Waals surface area contributed by atoms with Crippen LogP contribution in [0.2, 0.25) is 0 Å². The third-order valence-electron chi connectivity index (χ3n) is 6.44. The van der Waals surface area contributed by atoms with Gasteiger partial charge in [-0.3, -0.25) is 4.79 Å². The average Bonchev–Trinajstić information content (AvgIpc) is 2.74. The van der Waals surface area contributed by atoms with Gasteiger partial charge < -0.3 is 9.64 Å². The molecule has 0 spiro atoms. The van der Waals surface area contributed by atoms with Crippen LogP contribution in [0.5, 0.6) is 5.75 Å². The van der Waals surface area contributed by atoms with E-state index in [1.807, 2.05) is 35.2 Å². The fraction of sp³-hybridized carbons (Fsp3) is 0.458. The molecule has 2 aromatic rings. The maximum atomic E-state index is 13.9. The number of benzene rings is 2. The number of piperidine rings is 1. The molecule has 1 amide bonds. The zero-order chi connectivity index (χ0) is 22.7. The molecular formula is C24H29FN2O4S. The molecule has 2 atom stereocenters. The lowest BCUT2D eigenvalue weighted by Crippen LogP contribution is -2.56. The molecule has 2 aromatic carbocycles. The smallest absolute Gasteiger partial charge is 0.261 e. The summed E-state index contributed by atoms with van der Waals surface area (Å²) in [4.78, 5) is 15.1. The first-order valence-electron chi connectivity index (χ1n) is 11.0. The van der Waals surface area contributed by atoms with Gasteiger partial charge in [-0.05, 0) is 61.9 Å². The lowest BCUT2D eigenvalue weighted by molar-refractivity contribution is -0.142. The van der Waals surface area contributed by atoms with E-state index in [0.717, 1.165) is 19.3 Å². The van der Waals surface area contributed by atoms with Crippen molar-refractivity contribution in [3.63, 3.8) is 0 Å². The van der Waals surface area contributed by atoms with E-state index >= 15 is 0 Å². The van der Waals surface area contributed by atoms with Crippen molar-refractivity contribution in [3.8, 4) is 5.75 Å². The van der Waals surface area contributed by atoms with Crippen molar-refractivity contribution in [2.75, 3.05) is 19.4 Å². The summed E-state index contributed by atoms with van der Waals surface area (Å²) < 4.78 is 46.0. The molecule has 2 unspecified atom stereocenters. The molecule has 0 bridgehead atoms. The molecule has 6 nitrogen and oxygen atoms in total. The molecule has 0 radical (unpaired) electrons. The molecule has 8 heteroatoms. The van der Waals surface area contributed by atoms with Crippen LogP contribution in [0.1, 0.15) is 43.7 Å². The second kappa shape index (κ2) is 9.58. The minimum Gasteiger partial charge on any atom is -0.484 e. The van der Waals surface area contributed by atoms with E-state index in [2.05, 4.69) is 0 Å². The van der Waals surface area contributed by atoms with Crippen molar-refractivity contribution in [2.24, 2.45) is 0 Å². The van der Waals surface area contributed by atoms with Gasteiger partial charge in [0.05, 0.1) is 12.3 Å². The predicted molar refractivity (Wildman–Crippen MR) is 120 cm³/mol. The maximum absolute atomic E-state index is 13.9. The lowest BCUT2D eigenvalue weighted by atomic mass is 9.86. The number of rotatable bonds is 7. The minimum atomic E-state index is -3.48. The van der Waals surface area contributed by atoms with Crippen molar-refractivity contribution in [3.05, 3.63) is 66.0 Å². The summed E-state index contributed by atoms with van der Waals surface area (Å²) in [6, 6.07) is 14.8. The van der Waals surface area contributed by atoms with Crippen molar-refractivity contribution in [1.82, 2.24) is 9.21 Å². The van der Waals surface area contributed by atoms with Gasteiger partial charge in [0.15, 0.2) is 6.61 Å². The number of ether oxygens (including phenoxy) is 1. The highest BCUT2D eigenvalue weighted by molar-refractivity contribution is 7.88. The van der Waals surface area contributed by atoms with Crippen LogP contribution in [0.25, 0.3) is 0 Å². The van der Waals surface area contributed by atoms with Gasteiger partial charge in [-0.2, -0.15) is 4.31 Å². The molecule has 4 rings (SSSR count). The van der Waals surface area contributed by atoms with E-state index in [-0.39, 0.29) is 24.6 Å². The summed E-state index contributed by atoms with van der Waals surface area (Å²) in [7, 11) is -3.48. The fourth-order valence-corrected chi connectivity index (χ4v) is 5.80. The molecule has 32 heavy (non-hydrogen) atoms. The molecule has 1 saturated carbocycles. The number of nitrogens with zero attached hydrogens (tertiary/aromatic N) is 2. The van der Waals surface area contributed by atoms with Crippen LogP contribution in [0.3, 0.4) is 0 Å². The Hall–Kier alpha value is -2.45. The van der Waals surface area contributed by atoms with Gasteiger partial charge in [-0.25, -0.2) is 12.8 Å². The van der Waals surface area contributed by atoms with Crippen molar-refractivity contribution in [2.45, 2.75) is 50.2 Å². The number of halogens is 1. The Morgan fingerprint density at radius 1 is 1.09 bits per heavy atom. The Morgan fingerprint density at radius 3 is 2.47 bits per heavy atom. The van der Waals surface area contributed by atoms with E-state index in [0.29, 0.717) is 30.7 Å². The largest absolute Gasteiger partial charge is 0.484 e. The molecule has 1 saturated heterocycles. The summed E-state index contributed by atoms with van der Waals surface area (Å²) >= 11 is 0. The van der Waals surface area contributed by atoms with Crippen LogP contribution in [0, 0.1) is 5.82 Å². The molecule has 1 aliphatic heterocycles. The molecule has 172 valence electrons. The standard InChI is InChI=1S/C24H29FN2O4S/c1-32(29,30)26-14-13-21(16-23(26)18-7-5-8-19(25)15-18)27(20-9-6-10-20)24(28)17-31-22-11-3-2-4-12-22/h2-5,7-8,11-12,15,20-21,23H,6,9-10,13-14,16-17H2,1H3. The highest BCUT2D eigenvalue weighted by Gasteiger charge is 2.41. The zero-order valence-corrected chi connectivity index (χ0v) is 19.0. The Bertz CT molecular complexity index is 1040. The molecule has 2 fully saturated rings. The van der Waals surface area contributed by atoms with Crippen molar-refractivity contribution in [1.29, 1.82) is 0 Å². The minimum absolute atomic E-state index is 0.0581. The molecular weight excluding hydrogens is 431 g/mol. The second-order valence-electron chi connectivity index (χ2n) is 8.61. The van der Waals surface area contributed by atoms with Gasteiger partial charge in [0.25, 0.3) is 5.91 Å². The Balaban J connectivity index is 1.55. The summed E-state index contributed by atoms with van der Waals surface area (Å²) in [5.41, 5.74) is 0.613. The summed E-state index contributed by atoms with van der Waals surface area (Å²) in [6.07, 6.45) is 5.12. The third kappa shape index (κ3) is 5.13. The van der Waals surface area contributed by atoms with E-state index in [4.69, 9.17) is 4.74 Å². The van der Waals surface area contributed by atoms with Gasteiger partial charge in [0, 0.05) is 18.6 Å². The molecule has 2 aliphatic rings. The Morgan fingerprint density at radius 2 is 1.84 bits per heavy atom. The number of carbonyl (C=O) groups is 1. The zero-order valence-electron chi connectivity index (χ0n) is 18.2. The fourth-order valence-electron chi connectivity index (χ4n) is 4.70. The van der Waals surface area contributed by atoms with E-state index in [9.17, 15) is 17.6 Å². The average molecular weight is 461 g/mol. The van der Waals surface area contributed by atoms with Crippen LogP contribution in [-0.2, 0) is 14.8 Å². The highest BCUT2D eigenvalue weighted by atomic mass is 32.2. The quantitative estimate of drug-likeness (QED) is 0.631. The molecule has 0 aromatic heterocycles. The third-order valence-corrected chi connectivity index (χ3v) is 7.73. The van der Waals surface area contributed by atoms with Gasteiger partial charge >= 0.3 is 0 Å². The lowest BCUT2D eigenvalue weighted by Gasteiger charge is -2.47. The van der Waals surface area contributed by atoms with E-state index in [1.165, 1.54) is 22.7 Å². The number of sulfonamides is 1. The van der Waals surface area contributed by atoms with Crippen molar-refractivity contribution >= 4 is 15.9 Å². The summed E-state index contributed by atoms with van der Waals surface area (Å²) in [6.45, 7) is 0.234. The van der Waals surface area contributed by atoms with E-state index < -0.39 is 21.9 Å². The van der Waals surface area contributed by atoms with Gasteiger partial charge in [0.1, 0.15) is 11.6 Å². The summed E-state index contributed by atoms with van der Waals surface area (Å²) in [5.74, 6) is 0.148. The van der Waals surface area contributed by atoms with E-state index in [1.54, 1.807) is 12.1 Å². The first-order chi connectivity index (χ1) is 15.3. The SMILES string of the molecule is CS(=O)(=O)N1CCC(N(C(=O)COc2ccccc2)C2CCC2)CC1c1cccc(F)c1. The normalized spacial score (nSPS) is 22.2. The first kappa shape index (κ1) is 22.7. The van der Waals surface area contributed by atoms with Crippen LogP contribution < -0.4 is 4.74 Å². The number of para-hydroxylation sites is 1. The van der Waals surface area contributed by atoms with Crippen LogP contribution in [0.4, 0.5) is 4.39 Å². The summed E-state index contributed by atoms with van der Waals surface area (Å²) in [5, 5.41) is 0. The first-order valence-corrected chi connectivity index (χ1v) is 12.9. The van der Waals surface area contributed by atoms with Gasteiger partial charge in [0.2, 0.25) is 10.0 Å². The number of hydrogen-bond acceptors (Lipinski definition) is 4. The van der Waals surface area contributed by atoms with Crippen molar-refractivity contribution < 1.29 is 22.3 Å². The monoisotopic (exact) mass is 460 g/mol. The van der Waals surface area contributed by atoms with Crippen LogP contribution in [0.15, 0.2) is 54.6 Å². The Labute approximate surface area is 189 Å². The number of hydrogen-bond donors (Lipinski definition) is 0.